The van der Waals surface area contributed by atoms with Crippen LogP contribution in [-0.4, -0.2) is 28.6 Å². The number of hydrogen-bond acceptors (Lipinski definition) is 4. The molecule has 4 rings (SSSR count). The molecule has 0 radical (unpaired) electrons. The summed E-state index contributed by atoms with van der Waals surface area (Å²) in [6.45, 7) is 1.47. The van der Waals surface area contributed by atoms with Crippen molar-refractivity contribution in [2.75, 3.05) is 16.3 Å². The van der Waals surface area contributed by atoms with Gasteiger partial charge in [0.15, 0.2) is 0 Å². The number of rotatable bonds is 2. The van der Waals surface area contributed by atoms with Gasteiger partial charge in [-0.1, -0.05) is 30.3 Å². The second-order valence-corrected chi connectivity index (χ2v) is 6.62. The van der Waals surface area contributed by atoms with E-state index in [0.29, 0.717) is 16.6 Å². The number of nitriles is 1. The van der Waals surface area contributed by atoms with Crippen LogP contribution >= 0.6 is 0 Å². The van der Waals surface area contributed by atoms with E-state index >= 15 is 0 Å². The molecular weight excluding hydrogens is 383 g/mol. The van der Waals surface area contributed by atoms with Crippen LogP contribution in [0.15, 0.2) is 48.8 Å². The molecule has 9 heteroatoms. The summed E-state index contributed by atoms with van der Waals surface area (Å²) in [7, 11) is 0. The zero-order chi connectivity index (χ0) is 20.8. The van der Waals surface area contributed by atoms with Crippen molar-refractivity contribution in [3.63, 3.8) is 0 Å². The first-order valence-electron chi connectivity index (χ1n) is 8.69. The minimum atomic E-state index is -4.64. The zero-order valence-electron chi connectivity index (χ0n) is 15.2. The van der Waals surface area contributed by atoms with Gasteiger partial charge in [-0.3, -0.25) is 14.8 Å². The summed E-state index contributed by atoms with van der Waals surface area (Å²) >= 11 is 0. The summed E-state index contributed by atoms with van der Waals surface area (Å²) in [5, 5.41) is 11.1. The number of carbonyl (C=O) groups excluding carboxylic acids is 1. The second kappa shape index (κ2) is 6.74. The Morgan fingerprint density at radius 1 is 1.17 bits per heavy atom. The van der Waals surface area contributed by atoms with Gasteiger partial charge in [-0.25, -0.2) is 9.78 Å². The number of alkyl halides is 3. The number of aryl methyl sites for hydroxylation is 1. The van der Waals surface area contributed by atoms with Crippen LogP contribution in [0.1, 0.15) is 11.3 Å². The maximum absolute atomic E-state index is 13.2. The van der Waals surface area contributed by atoms with E-state index < -0.39 is 23.9 Å². The maximum atomic E-state index is 13.2. The lowest BCUT2D eigenvalue weighted by Gasteiger charge is -2.21. The van der Waals surface area contributed by atoms with Gasteiger partial charge < -0.3 is 0 Å². The van der Waals surface area contributed by atoms with Crippen LogP contribution < -0.4 is 9.80 Å². The van der Waals surface area contributed by atoms with Crippen molar-refractivity contribution in [1.82, 2.24) is 9.97 Å². The van der Waals surface area contributed by atoms with E-state index in [1.165, 1.54) is 17.2 Å². The molecule has 0 aliphatic carbocycles. The highest BCUT2D eigenvalue weighted by atomic mass is 19.4. The number of aromatic nitrogens is 2. The van der Waals surface area contributed by atoms with Crippen LogP contribution in [0.4, 0.5) is 29.5 Å². The van der Waals surface area contributed by atoms with Gasteiger partial charge in [0.25, 0.3) is 0 Å². The van der Waals surface area contributed by atoms with E-state index in [1.54, 1.807) is 25.3 Å². The minimum Gasteiger partial charge on any atom is -0.275 e. The van der Waals surface area contributed by atoms with E-state index in [2.05, 4.69) is 16.0 Å². The van der Waals surface area contributed by atoms with Gasteiger partial charge >= 0.3 is 12.2 Å². The van der Waals surface area contributed by atoms with E-state index in [9.17, 15) is 23.2 Å². The maximum Gasteiger partial charge on any atom is 0.433 e. The van der Waals surface area contributed by atoms with Crippen molar-refractivity contribution in [3.8, 4) is 6.07 Å². The summed E-state index contributed by atoms with van der Waals surface area (Å²) in [4.78, 5) is 23.4. The topological polar surface area (TPSA) is 73.1 Å². The number of carbonyl (C=O) groups is 1. The van der Waals surface area contributed by atoms with E-state index in [4.69, 9.17) is 0 Å². The molecule has 2 amide bonds. The largest absolute Gasteiger partial charge is 0.433 e. The summed E-state index contributed by atoms with van der Waals surface area (Å²) in [6, 6.07) is 9.91. The summed E-state index contributed by atoms with van der Waals surface area (Å²) < 4.78 is 39.3. The molecule has 146 valence electrons. The van der Waals surface area contributed by atoms with Crippen molar-refractivity contribution >= 4 is 28.3 Å². The highest BCUT2D eigenvalue weighted by molar-refractivity contribution is 6.11. The number of urea groups is 1. The van der Waals surface area contributed by atoms with E-state index in [1.807, 2.05) is 12.1 Å². The molecule has 1 fully saturated rings. The molecule has 1 saturated heterocycles. The lowest BCUT2D eigenvalue weighted by atomic mass is 10.1. The third kappa shape index (κ3) is 3.12. The van der Waals surface area contributed by atoms with Crippen LogP contribution in [0.5, 0.6) is 0 Å². The first-order valence-corrected chi connectivity index (χ1v) is 8.69. The van der Waals surface area contributed by atoms with Gasteiger partial charge in [0.2, 0.25) is 0 Å². The van der Waals surface area contributed by atoms with Crippen LogP contribution in [0.25, 0.3) is 10.8 Å². The summed E-state index contributed by atoms with van der Waals surface area (Å²) in [5.41, 5.74) is -0.266. The Hall–Kier alpha value is -3.67. The monoisotopic (exact) mass is 397 g/mol. The fourth-order valence-electron chi connectivity index (χ4n) is 3.38. The van der Waals surface area contributed by atoms with Crippen molar-refractivity contribution in [3.05, 3.63) is 60.0 Å². The molecule has 6 nitrogen and oxygen atoms in total. The normalized spacial score (nSPS) is 17.1. The van der Waals surface area contributed by atoms with Crippen molar-refractivity contribution in [2.45, 2.75) is 19.1 Å². The summed E-state index contributed by atoms with van der Waals surface area (Å²) in [5.74, 6) is -0.110. The number of pyridine rings is 2. The van der Waals surface area contributed by atoms with Gasteiger partial charge in [0.05, 0.1) is 24.5 Å². The molecular formula is C20H14F3N5O. The van der Waals surface area contributed by atoms with Crippen LogP contribution in [-0.2, 0) is 6.18 Å². The van der Waals surface area contributed by atoms with Crippen LogP contribution in [0.3, 0.4) is 0 Å². The third-order valence-corrected chi connectivity index (χ3v) is 4.78. The van der Waals surface area contributed by atoms with E-state index in [-0.39, 0.29) is 12.4 Å². The molecule has 1 atom stereocenters. The standard InChI is InChI=1S/C20H14F3N5O/c1-12-6-7-17(20(21,22)23)26-18(12)27-11-14(8-24)28(19(27)29)16-10-25-9-13-4-2-3-5-15(13)16/h2-7,9-10,14H,11H2,1H3/t14-/m1/s1. The number of nitrogens with zero attached hydrogens (tertiary/aromatic N) is 5. The van der Waals surface area contributed by atoms with Gasteiger partial charge in [0.1, 0.15) is 17.6 Å². The van der Waals surface area contributed by atoms with E-state index in [0.717, 1.165) is 16.4 Å². The fraction of sp³-hybridized carbons (Fsp3) is 0.200. The Morgan fingerprint density at radius 2 is 1.93 bits per heavy atom. The Bertz CT molecular complexity index is 1150. The Kier molecular flexibility index (Phi) is 4.34. The van der Waals surface area contributed by atoms with Crippen LogP contribution in [0.2, 0.25) is 0 Å². The quantitative estimate of drug-likeness (QED) is 0.646. The lowest BCUT2D eigenvalue weighted by Crippen LogP contribution is -2.35. The molecule has 0 saturated carbocycles. The van der Waals surface area contributed by atoms with Gasteiger partial charge in [-0.15, -0.1) is 0 Å². The first kappa shape index (κ1) is 18.7. The second-order valence-electron chi connectivity index (χ2n) is 6.62. The summed E-state index contributed by atoms with van der Waals surface area (Å²) in [6.07, 6.45) is -1.53. The Morgan fingerprint density at radius 3 is 2.66 bits per heavy atom. The van der Waals surface area contributed by atoms with Crippen molar-refractivity contribution < 1.29 is 18.0 Å². The van der Waals surface area contributed by atoms with Crippen molar-refractivity contribution in [1.29, 1.82) is 5.26 Å². The van der Waals surface area contributed by atoms with Gasteiger partial charge in [-0.05, 0) is 18.6 Å². The number of halogens is 3. The Balaban J connectivity index is 1.81. The van der Waals surface area contributed by atoms with Gasteiger partial charge in [0, 0.05) is 17.0 Å². The molecule has 1 aliphatic rings. The number of anilines is 2. The molecule has 0 N–H and O–H groups in total. The molecule has 2 aromatic heterocycles. The average Bonchev–Trinajstić information content (AvgIpc) is 3.03. The molecule has 1 aromatic carbocycles. The zero-order valence-corrected chi connectivity index (χ0v) is 15.2. The average molecular weight is 397 g/mol. The molecule has 0 bridgehead atoms. The molecule has 3 heterocycles. The van der Waals surface area contributed by atoms with Gasteiger partial charge in [-0.2, -0.15) is 18.4 Å². The molecule has 0 unspecified atom stereocenters. The van der Waals surface area contributed by atoms with Crippen LogP contribution in [0, 0.1) is 18.3 Å². The number of fused-ring (bicyclic) bond motifs is 1. The lowest BCUT2D eigenvalue weighted by molar-refractivity contribution is -0.141. The molecule has 1 aliphatic heterocycles. The molecule has 0 spiro atoms. The molecule has 3 aromatic rings. The predicted molar refractivity (Wildman–Crippen MR) is 100 cm³/mol. The smallest absolute Gasteiger partial charge is 0.275 e. The highest BCUT2D eigenvalue weighted by Crippen LogP contribution is 2.35. The third-order valence-electron chi connectivity index (χ3n) is 4.78. The highest BCUT2D eigenvalue weighted by Gasteiger charge is 2.42. The van der Waals surface area contributed by atoms with Crippen molar-refractivity contribution in [2.24, 2.45) is 0 Å². The first-order chi connectivity index (χ1) is 13.8. The minimum absolute atomic E-state index is 0.103. The Labute approximate surface area is 163 Å². The predicted octanol–water partition coefficient (Wildman–Crippen LogP) is 4.30. The number of hydrogen-bond donors (Lipinski definition) is 0. The fourth-order valence-corrected chi connectivity index (χ4v) is 3.38. The number of amides is 2. The number of benzene rings is 1. The molecule has 29 heavy (non-hydrogen) atoms. The SMILES string of the molecule is Cc1ccc(C(F)(F)F)nc1N1C[C@@H](C#N)N(c2cncc3ccccc23)C1=O.